The lowest BCUT2D eigenvalue weighted by atomic mass is 10.2. The van der Waals surface area contributed by atoms with Crippen LogP contribution in [0.15, 0.2) is 41.0 Å². The first-order valence-electron chi connectivity index (χ1n) is 7.42. The van der Waals surface area contributed by atoms with E-state index in [-0.39, 0.29) is 30.4 Å². The summed E-state index contributed by atoms with van der Waals surface area (Å²) in [6.07, 6.45) is -3.00. The number of benzene rings is 1. The summed E-state index contributed by atoms with van der Waals surface area (Å²) in [6.45, 7) is 1.69. The van der Waals surface area contributed by atoms with Crippen LogP contribution in [-0.2, 0) is 17.5 Å². The Kier molecular flexibility index (Phi) is 5.62. The third kappa shape index (κ3) is 4.00. The number of halogens is 4. The molecule has 2 heterocycles. The van der Waals surface area contributed by atoms with Crippen LogP contribution >= 0.6 is 12.4 Å². The van der Waals surface area contributed by atoms with Crippen LogP contribution in [0.1, 0.15) is 18.2 Å². The fourth-order valence-corrected chi connectivity index (χ4v) is 2.34. The zero-order valence-corrected chi connectivity index (χ0v) is 14.4. The molecule has 0 aliphatic heterocycles. The van der Waals surface area contributed by atoms with Crippen molar-refractivity contribution < 1.29 is 22.4 Å². The van der Waals surface area contributed by atoms with Crippen molar-refractivity contribution in [2.45, 2.75) is 25.7 Å². The molecule has 1 amide bonds. The van der Waals surface area contributed by atoms with Crippen LogP contribution in [-0.4, -0.2) is 21.5 Å². The summed E-state index contributed by atoms with van der Waals surface area (Å²) in [5, 5.41) is 2.54. The summed E-state index contributed by atoms with van der Waals surface area (Å²) in [6, 6.07) is 5.84. The number of carbonyl (C=O) groups is 1. The molecule has 1 atom stereocenters. The molecule has 26 heavy (non-hydrogen) atoms. The Bertz CT molecular complexity index is 904. The summed E-state index contributed by atoms with van der Waals surface area (Å²) in [5.74, 6) is 0.176. The number of nitrogens with one attached hydrogen (secondary N) is 1. The number of fused-ring (bicyclic) bond motifs is 1. The largest absolute Gasteiger partial charge is 0.467 e. The molecular weight excluding hydrogens is 373 g/mol. The van der Waals surface area contributed by atoms with Gasteiger partial charge in [-0.3, -0.25) is 10.1 Å². The second-order valence-electron chi connectivity index (χ2n) is 5.58. The molecule has 0 saturated carbocycles. The maximum absolute atomic E-state index is 12.9. The molecule has 0 fully saturated rings. The van der Waals surface area contributed by atoms with Crippen molar-refractivity contribution >= 4 is 35.3 Å². The van der Waals surface area contributed by atoms with Gasteiger partial charge < -0.3 is 14.7 Å². The topological polar surface area (TPSA) is 86.1 Å². The summed E-state index contributed by atoms with van der Waals surface area (Å²) >= 11 is 0. The van der Waals surface area contributed by atoms with Gasteiger partial charge in [-0.1, -0.05) is 0 Å². The van der Waals surface area contributed by atoms with Crippen LogP contribution in [0.4, 0.5) is 19.1 Å². The van der Waals surface area contributed by atoms with Crippen LogP contribution in [0.25, 0.3) is 11.0 Å². The molecule has 0 aliphatic carbocycles. The first kappa shape index (κ1) is 19.8. The molecule has 3 N–H and O–H groups in total. The van der Waals surface area contributed by atoms with Crippen LogP contribution < -0.4 is 11.1 Å². The van der Waals surface area contributed by atoms with Gasteiger partial charge in [0.25, 0.3) is 0 Å². The minimum absolute atomic E-state index is 0. The normalized spacial score (nSPS) is 12.7. The van der Waals surface area contributed by atoms with Gasteiger partial charge in [-0.2, -0.15) is 13.2 Å². The van der Waals surface area contributed by atoms with E-state index in [4.69, 9.17) is 10.2 Å². The van der Waals surface area contributed by atoms with Gasteiger partial charge >= 0.3 is 6.18 Å². The summed E-state index contributed by atoms with van der Waals surface area (Å²) in [5.41, 5.74) is 5.26. The van der Waals surface area contributed by atoms with Crippen molar-refractivity contribution in [3.63, 3.8) is 0 Å². The highest BCUT2D eigenvalue weighted by Gasteiger charge is 2.31. The highest BCUT2D eigenvalue weighted by Crippen LogP contribution is 2.32. The number of hydrogen-bond donors (Lipinski definition) is 2. The molecule has 3 rings (SSSR count). The number of aromatic nitrogens is 2. The number of imidazole rings is 1. The van der Waals surface area contributed by atoms with Gasteiger partial charge in [-0.15, -0.1) is 12.4 Å². The zero-order valence-electron chi connectivity index (χ0n) is 13.6. The van der Waals surface area contributed by atoms with Gasteiger partial charge in [0.1, 0.15) is 5.76 Å². The minimum atomic E-state index is -4.48. The Balaban J connectivity index is 0.00000243. The predicted octanol–water partition coefficient (Wildman–Crippen LogP) is 3.40. The fraction of sp³-hybridized carbons (Fsp3) is 0.250. The van der Waals surface area contributed by atoms with Crippen molar-refractivity contribution in [1.29, 1.82) is 0 Å². The van der Waals surface area contributed by atoms with E-state index in [0.29, 0.717) is 11.3 Å². The fourth-order valence-electron chi connectivity index (χ4n) is 2.34. The average molecular weight is 389 g/mol. The number of hydrogen-bond acceptors (Lipinski definition) is 4. The Labute approximate surface area is 152 Å². The smallest absolute Gasteiger partial charge is 0.416 e. The SMILES string of the molecule is CC(N)C(=O)Nc1nc2cc(C(F)(F)F)ccc2n1Cc1ccco1.Cl. The number of nitrogens with zero attached hydrogens (tertiary/aromatic N) is 2. The number of furan rings is 1. The number of rotatable bonds is 4. The van der Waals surface area contributed by atoms with E-state index in [1.807, 2.05) is 0 Å². The Morgan fingerprint density at radius 3 is 2.69 bits per heavy atom. The summed E-state index contributed by atoms with van der Waals surface area (Å²) < 4.78 is 45.6. The second-order valence-corrected chi connectivity index (χ2v) is 5.58. The molecular formula is C16H16ClF3N4O2. The number of alkyl halides is 3. The lowest BCUT2D eigenvalue weighted by Crippen LogP contribution is -2.33. The van der Waals surface area contributed by atoms with Gasteiger partial charge in [0.15, 0.2) is 0 Å². The lowest BCUT2D eigenvalue weighted by Gasteiger charge is -2.10. The quantitative estimate of drug-likeness (QED) is 0.717. The third-order valence-electron chi connectivity index (χ3n) is 3.62. The van der Waals surface area contributed by atoms with E-state index in [9.17, 15) is 18.0 Å². The summed E-state index contributed by atoms with van der Waals surface area (Å²) in [7, 11) is 0. The predicted molar refractivity (Wildman–Crippen MR) is 92.1 cm³/mol. The maximum atomic E-state index is 12.9. The maximum Gasteiger partial charge on any atom is 0.416 e. The van der Waals surface area contributed by atoms with Gasteiger partial charge in [0.05, 0.1) is 35.4 Å². The molecule has 10 heteroatoms. The number of nitrogens with two attached hydrogens (primary N) is 1. The second kappa shape index (κ2) is 7.38. The van der Waals surface area contributed by atoms with Crippen LogP contribution in [0, 0.1) is 0 Å². The van der Waals surface area contributed by atoms with E-state index in [0.717, 1.165) is 12.1 Å². The summed E-state index contributed by atoms with van der Waals surface area (Å²) in [4.78, 5) is 16.0. The molecule has 0 aliphatic rings. The van der Waals surface area contributed by atoms with Crippen LogP contribution in [0.5, 0.6) is 0 Å². The molecule has 0 radical (unpaired) electrons. The Morgan fingerprint density at radius 2 is 2.12 bits per heavy atom. The highest BCUT2D eigenvalue weighted by molar-refractivity contribution is 5.94. The number of carbonyl (C=O) groups excluding carboxylic acids is 1. The average Bonchev–Trinajstić information content (AvgIpc) is 3.15. The molecule has 2 aromatic heterocycles. The van der Waals surface area contributed by atoms with Gasteiger partial charge in [-0.05, 0) is 37.3 Å². The Morgan fingerprint density at radius 1 is 1.38 bits per heavy atom. The monoisotopic (exact) mass is 388 g/mol. The number of amides is 1. The van der Waals surface area contributed by atoms with Crippen molar-refractivity contribution in [3.8, 4) is 0 Å². The molecule has 0 bridgehead atoms. The first-order valence-corrected chi connectivity index (χ1v) is 7.42. The van der Waals surface area contributed by atoms with E-state index >= 15 is 0 Å². The van der Waals surface area contributed by atoms with E-state index < -0.39 is 23.7 Å². The zero-order chi connectivity index (χ0) is 18.2. The Hall–Kier alpha value is -2.52. The molecule has 6 nitrogen and oxygen atoms in total. The van der Waals surface area contributed by atoms with Gasteiger partial charge in [-0.25, -0.2) is 4.98 Å². The molecule has 0 saturated heterocycles. The lowest BCUT2D eigenvalue weighted by molar-refractivity contribution is -0.137. The molecule has 3 aromatic rings. The minimum Gasteiger partial charge on any atom is -0.467 e. The van der Waals surface area contributed by atoms with Crippen molar-refractivity contribution in [2.75, 3.05) is 5.32 Å². The highest BCUT2D eigenvalue weighted by atomic mass is 35.5. The van der Waals surface area contributed by atoms with Gasteiger partial charge in [0, 0.05) is 0 Å². The van der Waals surface area contributed by atoms with Crippen LogP contribution in [0.3, 0.4) is 0 Å². The standard InChI is InChI=1S/C16H15F3N4O2.ClH/c1-9(20)14(24)22-15-21-12-7-10(16(17,18)19)4-5-13(12)23(15)8-11-3-2-6-25-11;/h2-7,9H,8,20H2,1H3,(H,21,22,24);1H. The first-order chi connectivity index (χ1) is 11.8. The van der Waals surface area contributed by atoms with E-state index in [1.54, 1.807) is 16.7 Å². The van der Waals surface area contributed by atoms with E-state index in [1.165, 1.54) is 19.3 Å². The molecule has 1 aromatic carbocycles. The molecule has 0 spiro atoms. The van der Waals surface area contributed by atoms with E-state index in [2.05, 4.69) is 10.3 Å². The van der Waals surface area contributed by atoms with Gasteiger partial charge in [0.2, 0.25) is 11.9 Å². The van der Waals surface area contributed by atoms with Crippen molar-refractivity contribution in [2.24, 2.45) is 5.73 Å². The number of anilines is 1. The van der Waals surface area contributed by atoms with Crippen LogP contribution in [0.2, 0.25) is 0 Å². The van der Waals surface area contributed by atoms with Crippen molar-refractivity contribution in [3.05, 3.63) is 47.9 Å². The molecule has 1 unspecified atom stereocenters. The third-order valence-corrected chi connectivity index (χ3v) is 3.62. The van der Waals surface area contributed by atoms with Crippen molar-refractivity contribution in [1.82, 2.24) is 9.55 Å². The molecule has 140 valence electrons.